The van der Waals surface area contributed by atoms with E-state index < -0.39 is 11.8 Å². The smallest absolute Gasteiger partial charge is 0.372 e. The van der Waals surface area contributed by atoms with E-state index >= 15 is 0 Å². The molecule has 0 saturated carbocycles. The van der Waals surface area contributed by atoms with Gasteiger partial charge in [0.1, 0.15) is 0 Å². The van der Waals surface area contributed by atoms with Crippen molar-refractivity contribution in [3.8, 4) is 0 Å². The van der Waals surface area contributed by atoms with Crippen molar-refractivity contribution in [3.05, 3.63) is 0 Å². The first-order chi connectivity index (χ1) is 38.7. The van der Waals surface area contributed by atoms with Gasteiger partial charge in [-0.25, -0.2) is 4.79 Å². The van der Waals surface area contributed by atoms with Crippen LogP contribution in [0.4, 0.5) is 0 Å². The lowest BCUT2D eigenvalue weighted by Gasteiger charge is -2.09. The third-order valence-electron chi connectivity index (χ3n) is 9.33. The van der Waals surface area contributed by atoms with Gasteiger partial charge in [-0.1, -0.05) is 0 Å². The Morgan fingerprint density at radius 1 is 0.192 bits per heavy atom. The zero-order chi connectivity index (χ0) is 56.1. The predicted octanol–water partition coefficient (Wildman–Crippen LogP) is 0.0584. The standard InChI is InChI=1S/C51H100O27/c1-55-4-5-57-8-9-59-12-13-61-16-17-63-20-21-65-24-25-67-28-29-69-32-33-71-36-37-73-40-41-75-44-45-77-48-49-78-47-46-76-43-42-74-39-38-72-35-34-70-31-30-68-27-26-66-23-22-64-19-18-62-15-14-60-11-10-58-7-6-56-3-2-50(52)51(53)54/h2-49H2,1H3,(H,53,54). The van der Waals surface area contributed by atoms with Crippen LogP contribution in [0.3, 0.4) is 0 Å². The zero-order valence-electron chi connectivity index (χ0n) is 47.0. The lowest BCUT2D eigenvalue weighted by Crippen LogP contribution is -2.16. The number of ether oxygens (including phenoxy) is 24. The van der Waals surface area contributed by atoms with Crippen molar-refractivity contribution in [2.45, 2.75) is 6.42 Å². The van der Waals surface area contributed by atoms with E-state index in [-0.39, 0.29) is 19.6 Å². The quantitative estimate of drug-likeness (QED) is 0.0623. The average molecular weight is 1150 g/mol. The van der Waals surface area contributed by atoms with Crippen molar-refractivity contribution in [2.75, 3.05) is 318 Å². The Bertz CT molecular complexity index is 1140. The number of rotatable bonds is 73. The highest BCUT2D eigenvalue weighted by atomic mass is 16.6. The van der Waals surface area contributed by atoms with Crippen LogP contribution in [-0.2, 0) is 123 Å². The molecule has 0 fully saturated rings. The van der Waals surface area contributed by atoms with E-state index in [4.69, 9.17) is 119 Å². The number of aliphatic carboxylic acids is 1. The van der Waals surface area contributed by atoms with Crippen LogP contribution in [0, 0.1) is 0 Å². The van der Waals surface area contributed by atoms with Gasteiger partial charge in [0.2, 0.25) is 5.78 Å². The van der Waals surface area contributed by atoms with Crippen molar-refractivity contribution in [2.24, 2.45) is 0 Å². The fourth-order valence-corrected chi connectivity index (χ4v) is 5.35. The molecule has 466 valence electrons. The van der Waals surface area contributed by atoms with E-state index in [9.17, 15) is 9.59 Å². The Hall–Kier alpha value is -1.82. The maximum atomic E-state index is 10.9. The highest BCUT2D eigenvalue weighted by Crippen LogP contribution is 1.92. The number of carbonyl (C=O) groups excluding carboxylic acids is 1. The molecule has 0 aliphatic heterocycles. The van der Waals surface area contributed by atoms with Crippen molar-refractivity contribution < 1.29 is 128 Å². The number of Topliss-reactive ketones (excluding diaryl/α,β-unsaturated/α-hetero) is 1. The first kappa shape index (κ1) is 76.2. The number of carboxylic acid groups (broad SMARTS) is 1. The molecular formula is C51H100O27. The van der Waals surface area contributed by atoms with Gasteiger partial charge in [0, 0.05) is 13.5 Å². The summed E-state index contributed by atoms with van der Waals surface area (Å²) >= 11 is 0. The van der Waals surface area contributed by atoms with Gasteiger partial charge in [-0.15, -0.1) is 0 Å². The molecule has 0 heterocycles. The van der Waals surface area contributed by atoms with Gasteiger partial charge in [-0.3, -0.25) is 4.79 Å². The molecule has 0 unspecified atom stereocenters. The van der Waals surface area contributed by atoms with Gasteiger partial charge in [-0.05, 0) is 0 Å². The van der Waals surface area contributed by atoms with Crippen molar-refractivity contribution >= 4 is 11.8 Å². The van der Waals surface area contributed by atoms with E-state index in [0.717, 1.165) is 0 Å². The summed E-state index contributed by atoms with van der Waals surface area (Å²) in [6.45, 7) is 22.0. The summed E-state index contributed by atoms with van der Waals surface area (Å²) in [5.74, 6) is -2.32. The Kier molecular flexibility index (Phi) is 69.6. The molecule has 0 bridgehead atoms. The molecule has 27 heteroatoms. The minimum absolute atomic E-state index is 0.0556. The monoisotopic (exact) mass is 1140 g/mol. The Balaban J connectivity index is 3.09. The fourth-order valence-electron chi connectivity index (χ4n) is 5.35. The second kappa shape index (κ2) is 71.3. The van der Waals surface area contributed by atoms with Gasteiger partial charge in [0.15, 0.2) is 0 Å². The minimum Gasteiger partial charge on any atom is -0.475 e. The third-order valence-corrected chi connectivity index (χ3v) is 9.33. The zero-order valence-corrected chi connectivity index (χ0v) is 47.0. The molecule has 0 aromatic carbocycles. The molecule has 0 atom stereocenters. The molecule has 0 rings (SSSR count). The van der Waals surface area contributed by atoms with Gasteiger partial charge in [0.05, 0.1) is 311 Å². The predicted molar refractivity (Wildman–Crippen MR) is 278 cm³/mol. The van der Waals surface area contributed by atoms with Gasteiger partial charge in [0.25, 0.3) is 0 Å². The van der Waals surface area contributed by atoms with E-state index in [0.29, 0.717) is 297 Å². The van der Waals surface area contributed by atoms with Crippen LogP contribution in [0.25, 0.3) is 0 Å². The molecule has 0 aliphatic carbocycles. The topological polar surface area (TPSA) is 276 Å². The fraction of sp³-hybridized carbons (Fsp3) is 0.961. The van der Waals surface area contributed by atoms with Gasteiger partial charge in [-0.2, -0.15) is 0 Å². The first-order valence-corrected chi connectivity index (χ1v) is 27.2. The number of carbonyl (C=O) groups is 2. The lowest BCUT2D eigenvalue weighted by atomic mass is 10.3. The molecule has 27 nitrogen and oxygen atoms in total. The van der Waals surface area contributed by atoms with Crippen molar-refractivity contribution in [3.63, 3.8) is 0 Å². The minimum atomic E-state index is -1.45. The Labute approximate surface area is 463 Å². The number of hydrogen-bond donors (Lipinski definition) is 1. The lowest BCUT2D eigenvalue weighted by molar-refractivity contribution is -0.149. The molecular weight excluding hydrogens is 1040 g/mol. The summed E-state index contributed by atoms with van der Waals surface area (Å²) in [7, 11) is 1.64. The van der Waals surface area contributed by atoms with Gasteiger partial charge < -0.3 is 119 Å². The van der Waals surface area contributed by atoms with E-state index in [1.54, 1.807) is 7.11 Å². The van der Waals surface area contributed by atoms with Crippen molar-refractivity contribution in [1.82, 2.24) is 0 Å². The molecule has 0 aromatic rings. The molecule has 0 radical (unpaired) electrons. The first-order valence-electron chi connectivity index (χ1n) is 27.2. The maximum absolute atomic E-state index is 10.9. The molecule has 0 aromatic heterocycles. The highest BCUT2D eigenvalue weighted by Gasteiger charge is 2.10. The van der Waals surface area contributed by atoms with Crippen LogP contribution in [0.2, 0.25) is 0 Å². The maximum Gasteiger partial charge on any atom is 0.372 e. The molecule has 78 heavy (non-hydrogen) atoms. The largest absolute Gasteiger partial charge is 0.475 e. The summed E-state index contributed by atoms with van der Waals surface area (Å²) in [5.41, 5.74) is 0. The Morgan fingerprint density at radius 2 is 0.295 bits per heavy atom. The van der Waals surface area contributed by atoms with Crippen LogP contribution in [-0.4, -0.2) is 334 Å². The second-order valence-corrected chi connectivity index (χ2v) is 15.6. The Morgan fingerprint density at radius 3 is 0.397 bits per heavy atom. The van der Waals surface area contributed by atoms with Crippen LogP contribution in [0.1, 0.15) is 6.42 Å². The summed E-state index contributed by atoms with van der Waals surface area (Å²) in [4.78, 5) is 21.3. The van der Waals surface area contributed by atoms with Crippen molar-refractivity contribution in [1.29, 1.82) is 0 Å². The highest BCUT2D eigenvalue weighted by molar-refractivity contribution is 6.32. The average Bonchev–Trinajstić information content (AvgIpc) is 3.44. The van der Waals surface area contributed by atoms with Crippen LogP contribution in [0.5, 0.6) is 0 Å². The molecule has 0 saturated heterocycles. The second-order valence-electron chi connectivity index (χ2n) is 15.6. The number of hydrogen-bond acceptors (Lipinski definition) is 26. The van der Waals surface area contributed by atoms with Crippen LogP contribution >= 0.6 is 0 Å². The SMILES string of the molecule is COCCOCCOCCOCCOCCOCCOCCOCCOCCOCCOCCOCCOCCOCCOCCOCCOCCOCCOCCOCCOCCOCCOCCOCCC(=O)C(=O)O. The summed E-state index contributed by atoms with van der Waals surface area (Å²) in [6.07, 6.45) is -0.153. The van der Waals surface area contributed by atoms with E-state index in [2.05, 4.69) is 0 Å². The molecule has 0 spiro atoms. The number of ketones is 1. The molecule has 1 N–H and O–H groups in total. The van der Waals surface area contributed by atoms with Crippen LogP contribution in [0.15, 0.2) is 0 Å². The normalized spacial score (nSPS) is 11.7. The summed E-state index contributed by atoms with van der Waals surface area (Å²) in [6, 6.07) is 0. The molecule has 0 aliphatic rings. The summed E-state index contributed by atoms with van der Waals surface area (Å²) < 4.78 is 130. The number of methoxy groups -OCH3 is 1. The third kappa shape index (κ3) is 70.3. The number of carboxylic acids is 1. The summed E-state index contributed by atoms with van der Waals surface area (Å²) in [5, 5.41) is 8.47. The molecule has 0 amide bonds. The van der Waals surface area contributed by atoms with E-state index in [1.165, 1.54) is 0 Å². The van der Waals surface area contributed by atoms with Crippen LogP contribution < -0.4 is 0 Å². The van der Waals surface area contributed by atoms with Gasteiger partial charge >= 0.3 is 5.97 Å². The van der Waals surface area contributed by atoms with E-state index in [1.807, 2.05) is 0 Å².